The highest BCUT2D eigenvalue weighted by molar-refractivity contribution is 6.21. The largest absolute Gasteiger partial charge is 0.303 e. The first-order chi connectivity index (χ1) is 11.5. The van der Waals surface area contributed by atoms with Crippen LogP contribution in [-0.2, 0) is 5.41 Å². The van der Waals surface area contributed by atoms with Gasteiger partial charge in [0.25, 0.3) is 11.8 Å². The minimum absolute atomic E-state index is 0.232. The van der Waals surface area contributed by atoms with E-state index in [-0.39, 0.29) is 18.4 Å². The highest BCUT2D eigenvalue weighted by atomic mass is 16.2. The smallest absolute Gasteiger partial charge is 0.261 e. The van der Waals surface area contributed by atoms with Crippen LogP contribution in [0, 0.1) is 0 Å². The van der Waals surface area contributed by atoms with Gasteiger partial charge in [0, 0.05) is 18.2 Å². The third kappa shape index (κ3) is 2.05. The summed E-state index contributed by atoms with van der Waals surface area (Å²) < 4.78 is 2.00. The summed E-state index contributed by atoms with van der Waals surface area (Å²) in [6.45, 7) is 4.28. The second-order valence-electron chi connectivity index (χ2n) is 6.70. The van der Waals surface area contributed by atoms with E-state index in [2.05, 4.69) is 4.98 Å². The summed E-state index contributed by atoms with van der Waals surface area (Å²) in [4.78, 5) is 31.0. The van der Waals surface area contributed by atoms with Gasteiger partial charge in [0.1, 0.15) is 5.82 Å². The molecule has 5 heteroatoms. The van der Waals surface area contributed by atoms with Crippen LogP contribution in [-0.4, -0.2) is 32.6 Å². The van der Waals surface area contributed by atoms with Crippen molar-refractivity contribution in [1.29, 1.82) is 0 Å². The number of hydrogen-bond donors (Lipinski definition) is 0. The van der Waals surface area contributed by atoms with Crippen LogP contribution in [0.5, 0.6) is 0 Å². The molecular weight excluding hydrogens is 302 g/mol. The normalized spacial score (nSPS) is 14.5. The SMILES string of the molecule is CC(C)(CN1C(=O)c2ccccc2C1=O)c1ncc2ccccn12. The Kier molecular flexibility index (Phi) is 3.06. The van der Waals surface area contributed by atoms with E-state index in [1.807, 2.05) is 42.6 Å². The lowest BCUT2D eigenvalue weighted by Gasteiger charge is -2.28. The Morgan fingerprint density at radius 2 is 1.58 bits per heavy atom. The number of hydrogen-bond acceptors (Lipinski definition) is 3. The Morgan fingerprint density at radius 3 is 2.25 bits per heavy atom. The van der Waals surface area contributed by atoms with Crippen molar-refractivity contribution in [3.63, 3.8) is 0 Å². The topological polar surface area (TPSA) is 54.7 Å². The molecule has 0 spiro atoms. The number of carbonyl (C=O) groups excluding carboxylic acids is 2. The maximum absolute atomic E-state index is 12.6. The zero-order chi connectivity index (χ0) is 16.9. The maximum atomic E-state index is 12.6. The third-order valence-corrected chi connectivity index (χ3v) is 4.48. The van der Waals surface area contributed by atoms with Crippen molar-refractivity contribution in [2.45, 2.75) is 19.3 Å². The summed E-state index contributed by atoms with van der Waals surface area (Å²) in [5.41, 5.74) is 1.47. The summed E-state index contributed by atoms with van der Waals surface area (Å²) in [6.07, 6.45) is 3.75. The number of amides is 2. The average Bonchev–Trinajstić information content (AvgIpc) is 3.12. The minimum atomic E-state index is -0.471. The molecule has 0 bridgehead atoms. The molecule has 1 aliphatic heterocycles. The van der Waals surface area contributed by atoms with Gasteiger partial charge in [0.05, 0.1) is 22.8 Å². The molecule has 0 fully saturated rings. The Hall–Kier alpha value is -2.95. The van der Waals surface area contributed by atoms with Crippen LogP contribution >= 0.6 is 0 Å². The van der Waals surface area contributed by atoms with E-state index in [9.17, 15) is 9.59 Å². The van der Waals surface area contributed by atoms with E-state index >= 15 is 0 Å². The molecular formula is C19H17N3O2. The van der Waals surface area contributed by atoms with Crippen molar-refractivity contribution < 1.29 is 9.59 Å². The molecule has 2 amide bonds. The number of pyridine rings is 1. The lowest BCUT2D eigenvalue weighted by Crippen LogP contribution is -2.41. The van der Waals surface area contributed by atoms with Crippen LogP contribution in [0.15, 0.2) is 54.9 Å². The number of nitrogens with zero attached hydrogens (tertiary/aromatic N) is 3. The lowest BCUT2D eigenvalue weighted by molar-refractivity contribution is 0.0621. The number of benzene rings is 1. The van der Waals surface area contributed by atoms with Gasteiger partial charge in [-0.3, -0.25) is 14.5 Å². The number of rotatable bonds is 3. The molecule has 0 aliphatic carbocycles. The fourth-order valence-corrected chi connectivity index (χ4v) is 3.29. The number of carbonyl (C=O) groups is 2. The van der Waals surface area contributed by atoms with Gasteiger partial charge in [-0.05, 0) is 24.3 Å². The number of imidazole rings is 1. The van der Waals surface area contributed by atoms with Gasteiger partial charge in [0.15, 0.2) is 0 Å². The van der Waals surface area contributed by atoms with Gasteiger partial charge in [-0.2, -0.15) is 0 Å². The fourth-order valence-electron chi connectivity index (χ4n) is 3.29. The molecule has 0 radical (unpaired) electrons. The molecule has 0 saturated carbocycles. The van der Waals surface area contributed by atoms with E-state index in [0.29, 0.717) is 11.1 Å². The quantitative estimate of drug-likeness (QED) is 0.698. The molecule has 120 valence electrons. The lowest BCUT2D eigenvalue weighted by atomic mass is 9.91. The molecule has 2 aromatic heterocycles. The van der Waals surface area contributed by atoms with Gasteiger partial charge in [0.2, 0.25) is 0 Å². The summed E-state index contributed by atoms with van der Waals surface area (Å²) in [5, 5.41) is 0. The van der Waals surface area contributed by atoms with Crippen LogP contribution in [0.2, 0.25) is 0 Å². The van der Waals surface area contributed by atoms with Crippen molar-refractivity contribution in [3.05, 3.63) is 71.8 Å². The molecule has 3 heterocycles. The molecule has 5 nitrogen and oxygen atoms in total. The standard InChI is InChI=1S/C19H17N3O2/c1-19(2,18-20-11-13-7-5-6-10-21(13)18)12-22-16(23)14-8-3-4-9-15(14)17(22)24/h3-11H,12H2,1-2H3. The minimum Gasteiger partial charge on any atom is -0.303 e. The van der Waals surface area contributed by atoms with Gasteiger partial charge < -0.3 is 4.40 Å². The van der Waals surface area contributed by atoms with Crippen LogP contribution in [0.25, 0.3) is 5.52 Å². The third-order valence-electron chi connectivity index (χ3n) is 4.48. The van der Waals surface area contributed by atoms with Crippen LogP contribution in [0.3, 0.4) is 0 Å². The summed E-state index contributed by atoms with van der Waals surface area (Å²) in [6, 6.07) is 12.8. The molecule has 0 atom stereocenters. The molecule has 0 unspecified atom stereocenters. The van der Waals surface area contributed by atoms with Gasteiger partial charge in [-0.15, -0.1) is 0 Å². The Bertz CT molecular complexity index is 936. The first-order valence-electron chi connectivity index (χ1n) is 7.87. The Balaban J connectivity index is 1.70. The maximum Gasteiger partial charge on any atom is 0.261 e. The molecule has 0 N–H and O–H groups in total. The number of imide groups is 1. The van der Waals surface area contributed by atoms with Gasteiger partial charge >= 0.3 is 0 Å². The van der Waals surface area contributed by atoms with E-state index in [4.69, 9.17) is 0 Å². The second kappa shape index (κ2) is 5.03. The highest BCUT2D eigenvalue weighted by Gasteiger charge is 2.39. The monoisotopic (exact) mass is 319 g/mol. The summed E-state index contributed by atoms with van der Waals surface area (Å²) in [5.74, 6) is 0.365. The summed E-state index contributed by atoms with van der Waals surface area (Å²) >= 11 is 0. The highest BCUT2D eigenvalue weighted by Crippen LogP contribution is 2.29. The zero-order valence-corrected chi connectivity index (χ0v) is 13.6. The van der Waals surface area contributed by atoms with Gasteiger partial charge in [-0.1, -0.05) is 32.0 Å². The van der Waals surface area contributed by atoms with Crippen molar-refractivity contribution in [2.24, 2.45) is 0 Å². The Labute approximate surface area is 139 Å². The van der Waals surface area contributed by atoms with E-state index in [1.54, 1.807) is 30.5 Å². The van der Waals surface area contributed by atoms with E-state index in [1.165, 1.54) is 4.90 Å². The van der Waals surface area contributed by atoms with Crippen molar-refractivity contribution in [3.8, 4) is 0 Å². The van der Waals surface area contributed by atoms with Crippen LogP contribution < -0.4 is 0 Å². The second-order valence-corrected chi connectivity index (χ2v) is 6.70. The first-order valence-corrected chi connectivity index (χ1v) is 7.87. The number of aromatic nitrogens is 2. The average molecular weight is 319 g/mol. The Morgan fingerprint density at radius 1 is 0.958 bits per heavy atom. The number of fused-ring (bicyclic) bond motifs is 2. The fraction of sp³-hybridized carbons (Fsp3) is 0.211. The molecule has 3 aromatic rings. The predicted octanol–water partition coefficient (Wildman–Crippen LogP) is 2.91. The van der Waals surface area contributed by atoms with E-state index in [0.717, 1.165) is 11.3 Å². The van der Waals surface area contributed by atoms with Crippen molar-refractivity contribution >= 4 is 17.3 Å². The van der Waals surface area contributed by atoms with Crippen molar-refractivity contribution in [1.82, 2.24) is 14.3 Å². The predicted molar refractivity (Wildman–Crippen MR) is 90.0 cm³/mol. The first kappa shape index (κ1) is 14.6. The molecule has 24 heavy (non-hydrogen) atoms. The molecule has 1 aromatic carbocycles. The van der Waals surface area contributed by atoms with Gasteiger partial charge in [-0.25, -0.2) is 4.98 Å². The van der Waals surface area contributed by atoms with E-state index < -0.39 is 5.41 Å². The van der Waals surface area contributed by atoms with Crippen LogP contribution in [0.4, 0.5) is 0 Å². The van der Waals surface area contributed by atoms with Crippen molar-refractivity contribution in [2.75, 3.05) is 6.54 Å². The summed E-state index contributed by atoms with van der Waals surface area (Å²) in [7, 11) is 0. The molecule has 1 aliphatic rings. The zero-order valence-electron chi connectivity index (χ0n) is 13.6. The van der Waals surface area contributed by atoms with Crippen LogP contribution in [0.1, 0.15) is 40.4 Å². The molecule has 4 rings (SSSR count). The molecule has 0 saturated heterocycles.